The van der Waals surface area contributed by atoms with Crippen molar-refractivity contribution >= 4 is 11.8 Å². The van der Waals surface area contributed by atoms with Crippen LogP contribution in [0.15, 0.2) is 0 Å². The predicted octanol–water partition coefficient (Wildman–Crippen LogP) is 1.27. The van der Waals surface area contributed by atoms with Crippen molar-refractivity contribution in [2.75, 3.05) is 20.1 Å². The molecule has 0 aliphatic heterocycles. The van der Waals surface area contributed by atoms with Crippen LogP contribution in [0.3, 0.4) is 0 Å². The summed E-state index contributed by atoms with van der Waals surface area (Å²) >= 11 is 0. The summed E-state index contributed by atoms with van der Waals surface area (Å²) in [6.07, 6.45) is 8.20. The van der Waals surface area contributed by atoms with Gasteiger partial charge < -0.3 is 16.0 Å². The predicted molar refractivity (Wildman–Crippen MR) is 85.0 cm³/mol. The van der Waals surface area contributed by atoms with E-state index in [0.29, 0.717) is 13.1 Å². The van der Waals surface area contributed by atoms with E-state index in [1.165, 1.54) is 19.3 Å². The number of carbonyl (C=O) groups is 2. The van der Waals surface area contributed by atoms with Crippen LogP contribution in [-0.2, 0) is 9.59 Å². The van der Waals surface area contributed by atoms with Gasteiger partial charge in [0, 0.05) is 19.1 Å². The second-order valence-electron chi connectivity index (χ2n) is 7.88. The quantitative estimate of drug-likeness (QED) is 0.726. The van der Waals surface area contributed by atoms with E-state index in [9.17, 15) is 9.59 Å². The van der Waals surface area contributed by atoms with E-state index < -0.39 is 0 Å². The van der Waals surface area contributed by atoms with Crippen LogP contribution in [0.5, 0.6) is 0 Å². The number of carbonyl (C=O) groups excluding carboxylic acids is 2. The van der Waals surface area contributed by atoms with Crippen molar-refractivity contribution in [3.8, 4) is 0 Å². The van der Waals surface area contributed by atoms with E-state index in [1.807, 2.05) is 0 Å². The highest BCUT2D eigenvalue weighted by molar-refractivity contribution is 5.97. The summed E-state index contributed by atoms with van der Waals surface area (Å²) < 4.78 is 0. The van der Waals surface area contributed by atoms with Crippen LogP contribution in [0.1, 0.15) is 51.4 Å². The van der Waals surface area contributed by atoms with Crippen molar-refractivity contribution in [1.29, 1.82) is 0 Å². The lowest BCUT2D eigenvalue weighted by atomic mass is 9.53. The van der Waals surface area contributed by atoms with Gasteiger partial charge >= 0.3 is 0 Å². The third kappa shape index (κ3) is 3.29. The Bertz CT molecular complexity index is 414. The molecule has 3 N–H and O–H groups in total. The topological polar surface area (TPSA) is 75.4 Å². The first-order valence-corrected chi connectivity index (χ1v) is 8.75. The summed E-state index contributed by atoms with van der Waals surface area (Å²) in [5.74, 6) is 2.21. The van der Waals surface area contributed by atoms with Gasteiger partial charge in [-0.2, -0.15) is 0 Å². The summed E-state index contributed by atoms with van der Waals surface area (Å²) in [4.78, 5) is 26.0. The van der Waals surface area contributed by atoms with Crippen LogP contribution in [0.4, 0.5) is 0 Å². The first-order valence-electron chi connectivity index (χ1n) is 8.75. The number of amides is 2. The molecule has 124 valence electrons. The molecule has 0 saturated heterocycles. The first kappa shape index (κ1) is 15.8. The lowest BCUT2D eigenvalue weighted by Crippen LogP contribution is -2.60. The van der Waals surface area contributed by atoms with E-state index >= 15 is 0 Å². The van der Waals surface area contributed by atoms with Crippen LogP contribution < -0.4 is 11.1 Å². The average molecular weight is 307 g/mol. The van der Waals surface area contributed by atoms with Crippen LogP contribution in [-0.4, -0.2) is 42.4 Å². The first-order chi connectivity index (χ1) is 10.5. The number of rotatable bonds is 6. The molecular formula is C17H29N3O2. The highest BCUT2D eigenvalue weighted by atomic mass is 16.2. The Kier molecular flexibility index (Phi) is 4.44. The standard InChI is InChI=1S/C17H29N3O2/c1-20(4-2-3-18)16(22)8-15(21)19-17-9-12-5-13(10-17)7-14(6-12)11-17/h12-14H,2-11,18H2,1H3,(H,19,21). The molecule has 0 spiro atoms. The van der Waals surface area contributed by atoms with E-state index in [1.54, 1.807) is 11.9 Å². The lowest BCUT2D eigenvalue weighted by molar-refractivity contribution is -0.137. The maximum Gasteiger partial charge on any atom is 0.231 e. The van der Waals surface area contributed by atoms with E-state index in [-0.39, 0.29) is 23.8 Å². The van der Waals surface area contributed by atoms with E-state index in [2.05, 4.69) is 5.32 Å². The van der Waals surface area contributed by atoms with Crippen molar-refractivity contribution in [2.45, 2.75) is 56.9 Å². The smallest absolute Gasteiger partial charge is 0.231 e. The molecule has 5 heteroatoms. The molecule has 0 atom stereocenters. The normalized spacial score (nSPS) is 35.5. The third-order valence-corrected chi connectivity index (χ3v) is 5.88. The van der Waals surface area contributed by atoms with Crippen molar-refractivity contribution in [3.63, 3.8) is 0 Å². The summed E-state index contributed by atoms with van der Waals surface area (Å²) in [6.45, 7) is 1.19. The molecule has 5 nitrogen and oxygen atoms in total. The largest absolute Gasteiger partial charge is 0.350 e. The molecule has 0 radical (unpaired) electrons. The Morgan fingerprint density at radius 1 is 1.14 bits per heavy atom. The molecule has 4 aliphatic rings. The van der Waals surface area contributed by atoms with Crippen LogP contribution in [0, 0.1) is 17.8 Å². The highest BCUT2D eigenvalue weighted by Crippen LogP contribution is 2.55. The zero-order valence-electron chi connectivity index (χ0n) is 13.6. The SMILES string of the molecule is CN(CCCN)C(=O)CC(=O)NC12CC3CC(CC(C3)C1)C2. The molecule has 2 amide bonds. The summed E-state index contributed by atoms with van der Waals surface area (Å²) in [5, 5.41) is 3.26. The molecule has 4 aliphatic carbocycles. The third-order valence-electron chi connectivity index (χ3n) is 5.88. The summed E-state index contributed by atoms with van der Waals surface area (Å²) in [6, 6.07) is 0. The lowest BCUT2D eigenvalue weighted by Gasteiger charge is -2.56. The number of hydrogen-bond donors (Lipinski definition) is 2. The van der Waals surface area contributed by atoms with Gasteiger partial charge in [-0.3, -0.25) is 9.59 Å². The average Bonchev–Trinajstić information content (AvgIpc) is 2.42. The molecule has 0 aromatic heterocycles. The molecule has 4 bridgehead atoms. The number of nitrogens with one attached hydrogen (secondary N) is 1. The summed E-state index contributed by atoms with van der Waals surface area (Å²) in [7, 11) is 1.75. The number of nitrogens with two attached hydrogens (primary N) is 1. The molecule has 0 aromatic carbocycles. The molecular weight excluding hydrogens is 278 g/mol. The Balaban J connectivity index is 1.52. The van der Waals surface area contributed by atoms with Gasteiger partial charge in [0.15, 0.2) is 0 Å². The highest BCUT2D eigenvalue weighted by Gasteiger charge is 2.51. The zero-order valence-corrected chi connectivity index (χ0v) is 13.6. The molecule has 4 rings (SSSR count). The molecule has 0 unspecified atom stereocenters. The van der Waals surface area contributed by atoms with Gasteiger partial charge in [0.1, 0.15) is 6.42 Å². The Morgan fingerprint density at radius 3 is 2.18 bits per heavy atom. The second-order valence-corrected chi connectivity index (χ2v) is 7.88. The van der Waals surface area contributed by atoms with Gasteiger partial charge in [-0.05, 0) is 69.2 Å². The van der Waals surface area contributed by atoms with E-state index in [4.69, 9.17) is 5.73 Å². The van der Waals surface area contributed by atoms with Gasteiger partial charge in [-0.1, -0.05) is 0 Å². The molecule has 4 saturated carbocycles. The Labute approximate surface area is 133 Å². The maximum atomic E-state index is 12.3. The second kappa shape index (κ2) is 6.19. The van der Waals surface area contributed by atoms with Gasteiger partial charge in [0.25, 0.3) is 0 Å². The summed E-state index contributed by atoms with van der Waals surface area (Å²) in [5.41, 5.74) is 5.46. The fourth-order valence-electron chi connectivity index (χ4n) is 5.33. The minimum Gasteiger partial charge on any atom is -0.350 e. The molecule has 0 heterocycles. The maximum absolute atomic E-state index is 12.3. The fourth-order valence-corrected chi connectivity index (χ4v) is 5.33. The van der Waals surface area contributed by atoms with Crippen molar-refractivity contribution in [3.05, 3.63) is 0 Å². The van der Waals surface area contributed by atoms with Crippen LogP contribution >= 0.6 is 0 Å². The van der Waals surface area contributed by atoms with Gasteiger partial charge in [0.2, 0.25) is 11.8 Å². The Morgan fingerprint density at radius 2 is 1.68 bits per heavy atom. The van der Waals surface area contributed by atoms with Gasteiger partial charge in [0.05, 0.1) is 0 Å². The van der Waals surface area contributed by atoms with Crippen LogP contribution in [0.25, 0.3) is 0 Å². The molecule has 22 heavy (non-hydrogen) atoms. The van der Waals surface area contributed by atoms with Crippen LogP contribution in [0.2, 0.25) is 0 Å². The van der Waals surface area contributed by atoms with E-state index in [0.717, 1.165) is 43.4 Å². The number of hydrogen-bond acceptors (Lipinski definition) is 3. The fraction of sp³-hybridized carbons (Fsp3) is 0.882. The van der Waals surface area contributed by atoms with Crippen molar-refractivity contribution in [2.24, 2.45) is 23.5 Å². The number of nitrogens with zero attached hydrogens (tertiary/aromatic N) is 1. The minimum absolute atomic E-state index is 0.00193. The van der Waals surface area contributed by atoms with Crippen molar-refractivity contribution in [1.82, 2.24) is 10.2 Å². The van der Waals surface area contributed by atoms with Crippen molar-refractivity contribution < 1.29 is 9.59 Å². The zero-order chi connectivity index (χ0) is 15.7. The monoisotopic (exact) mass is 307 g/mol. The minimum atomic E-state index is -0.101. The molecule has 0 aromatic rings. The molecule has 4 fully saturated rings. The van der Waals surface area contributed by atoms with Gasteiger partial charge in [-0.15, -0.1) is 0 Å². The van der Waals surface area contributed by atoms with Gasteiger partial charge in [-0.25, -0.2) is 0 Å². The Hall–Kier alpha value is -1.10.